The minimum Gasteiger partial charge on any atom is -0.389 e. The standard InChI is InChI=1S/C31H39F3N6O3/c1-20(31(32,33)34)28-25-8-5-9-27(37-22-10-13-39(14-11-22)18-24(42)19-41)26(25)15-23(38-28)7-6-12-35-29(43)21-16-36-40(17-21)30(2,3)4/h5,8-9,15-17,22,37,41H,1,6-7,10-14,18-19H2,2-4H3,(H,35,43). The van der Waals surface area contributed by atoms with Crippen LogP contribution in [0.4, 0.5) is 18.9 Å². The van der Waals surface area contributed by atoms with E-state index in [1.807, 2.05) is 31.7 Å². The number of Topliss-reactive ketones (excluding diaryl/α,β-unsaturated/α-hetero) is 1. The SMILES string of the molecule is C=C(c1nc(CCCNC(=O)c2cnn(C(C)(C)C)c2)cc2c(NC3CCN(CC(=O)CO)CC3)cccc12)C(F)(F)F. The number of nitrogens with zero attached hydrogens (tertiary/aromatic N) is 4. The van der Waals surface area contributed by atoms with E-state index in [4.69, 9.17) is 5.11 Å². The number of pyridine rings is 1. The second-order valence-corrected chi connectivity index (χ2v) is 11.9. The zero-order chi connectivity index (χ0) is 31.4. The number of nitrogens with one attached hydrogen (secondary N) is 2. The lowest BCUT2D eigenvalue weighted by Gasteiger charge is -2.32. The Morgan fingerprint density at radius 2 is 1.86 bits per heavy atom. The van der Waals surface area contributed by atoms with Crippen molar-refractivity contribution in [3.8, 4) is 0 Å². The largest absolute Gasteiger partial charge is 0.417 e. The van der Waals surface area contributed by atoms with Gasteiger partial charge in [-0.3, -0.25) is 24.2 Å². The third-order valence-electron chi connectivity index (χ3n) is 7.51. The van der Waals surface area contributed by atoms with Crippen LogP contribution in [0.5, 0.6) is 0 Å². The van der Waals surface area contributed by atoms with Crippen LogP contribution in [0.2, 0.25) is 0 Å². The van der Waals surface area contributed by atoms with Crippen LogP contribution in [0.3, 0.4) is 0 Å². The Bertz CT molecular complexity index is 1470. The van der Waals surface area contributed by atoms with E-state index in [2.05, 4.69) is 27.3 Å². The highest BCUT2D eigenvalue weighted by Crippen LogP contribution is 2.37. The van der Waals surface area contributed by atoms with Crippen LogP contribution in [0.15, 0.2) is 43.2 Å². The average molecular weight is 601 g/mol. The van der Waals surface area contributed by atoms with Gasteiger partial charge < -0.3 is 15.7 Å². The van der Waals surface area contributed by atoms with Crippen LogP contribution < -0.4 is 10.6 Å². The Balaban J connectivity index is 1.49. The molecule has 232 valence electrons. The van der Waals surface area contributed by atoms with Crippen molar-refractivity contribution in [2.45, 2.75) is 64.2 Å². The van der Waals surface area contributed by atoms with Gasteiger partial charge in [-0.1, -0.05) is 18.7 Å². The molecular formula is C31H39F3N6O3. The molecule has 43 heavy (non-hydrogen) atoms. The number of fused-ring (bicyclic) bond motifs is 1. The molecule has 0 atom stereocenters. The first-order chi connectivity index (χ1) is 20.3. The average Bonchev–Trinajstić information content (AvgIpc) is 3.47. The van der Waals surface area contributed by atoms with Crippen LogP contribution in [-0.4, -0.2) is 81.5 Å². The Morgan fingerprint density at radius 3 is 2.49 bits per heavy atom. The number of piperidine rings is 1. The third kappa shape index (κ3) is 8.20. The molecule has 0 spiro atoms. The molecule has 1 aliphatic heterocycles. The number of allylic oxidation sites excluding steroid dienone is 1. The van der Waals surface area contributed by atoms with Gasteiger partial charge >= 0.3 is 6.18 Å². The van der Waals surface area contributed by atoms with Gasteiger partial charge in [-0.25, -0.2) is 0 Å². The molecule has 0 saturated carbocycles. The van der Waals surface area contributed by atoms with Gasteiger partial charge in [0.15, 0.2) is 5.78 Å². The van der Waals surface area contributed by atoms with Gasteiger partial charge in [0.05, 0.1) is 35.1 Å². The number of halogens is 3. The van der Waals surface area contributed by atoms with Gasteiger partial charge in [-0.15, -0.1) is 0 Å². The predicted octanol–water partition coefficient (Wildman–Crippen LogP) is 4.56. The van der Waals surface area contributed by atoms with Crippen LogP contribution in [0, 0.1) is 0 Å². The van der Waals surface area contributed by atoms with E-state index < -0.39 is 18.4 Å². The van der Waals surface area contributed by atoms with Crippen molar-refractivity contribution in [2.75, 3.05) is 38.1 Å². The molecule has 0 radical (unpaired) electrons. The van der Waals surface area contributed by atoms with E-state index in [9.17, 15) is 22.8 Å². The van der Waals surface area contributed by atoms with Gasteiger partial charge in [0, 0.05) is 54.0 Å². The maximum Gasteiger partial charge on any atom is 0.417 e. The highest BCUT2D eigenvalue weighted by molar-refractivity contribution is 6.00. The first-order valence-electron chi connectivity index (χ1n) is 14.4. The first-order valence-corrected chi connectivity index (χ1v) is 14.4. The van der Waals surface area contributed by atoms with Crippen LogP contribution in [0.25, 0.3) is 16.3 Å². The third-order valence-corrected chi connectivity index (χ3v) is 7.51. The number of carbonyl (C=O) groups excluding carboxylic acids is 2. The lowest BCUT2D eigenvalue weighted by molar-refractivity contribution is -0.123. The Hall–Kier alpha value is -3.77. The molecule has 0 bridgehead atoms. The van der Waals surface area contributed by atoms with Crippen LogP contribution >= 0.6 is 0 Å². The second-order valence-electron chi connectivity index (χ2n) is 11.9. The first kappa shape index (κ1) is 32.2. The molecule has 0 unspecified atom stereocenters. The summed E-state index contributed by atoms with van der Waals surface area (Å²) in [6.45, 7) is 10.6. The van der Waals surface area contributed by atoms with Gasteiger partial charge in [-0.05, 0) is 58.6 Å². The molecule has 1 aromatic carbocycles. The minimum absolute atomic E-state index is 0.0646. The second kappa shape index (κ2) is 13.3. The smallest absolute Gasteiger partial charge is 0.389 e. The van der Waals surface area contributed by atoms with Crippen molar-refractivity contribution < 1.29 is 27.9 Å². The van der Waals surface area contributed by atoms with Crippen molar-refractivity contribution in [1.82, 2.24) is 25.0 Å². The number of carbonyl (C=O) groups is 2. The van der Waals surface area contributed by atoms with E-state index in [1.165, 1.54) is 6.20 Å². The molecule has 1 fully saturated rings. The lowest BCUT2D eigenvalue weighted by atomic mass is 9.99. The molecule has 1 aliphatic rings. The van der Waals surface area contributed by atoms with Crippen molar-refractivity contribution in [2.24, 2.45) is 0 Å². The topological polar surface area (TPSA) is 112 Å². The maximum atomic E-state index is 13.8. The number of alkyl halides is 3. The summed E-state index contributed by atoms with van der Waals surface area (Å²) in [7, 11) is 0. The normalized spacial score (nSPS) is 15.0. The fraction of sp³-hybridized carbons (Fsp3) is 0.484. The quantitative estimate of drug-likeness (QED) is 0.277. The molecule has 3 aromatic rings. The number of aliphatic hydroxyl groups excluding tert-OH is 1. The zero-order valence-corrected chi connectivity index (χ0v) is 24.8. The molecule has 1 amide bonds. The number of rotatable bonds is 11. The van der Waals surface area contributed by atoms with Crippen molar-refractivity contribution in [3.05, 3.63) is 60.2 Å². The summed E-state index contributed by atoms with van der Waals surface area (Å²) < 4.78 is 43.1. The fourth-order valence-electron chi connectivity index (χ4n) is 5.08. The van der Waals surface area contributed by atoms with Gasteiger partial charge in [0.25, 0.3) is 5.91 Å². The number of aryl methyl sites for hydroxylation is 1. The number of anilines is 1. The molecule has 9 nitrogen and oxygen atoms in total. The fourth-order valence-corrected chi connectivity index (χ4v) is 5.08. The Morgan fingerprint density at radius 1 is 1.14 bits per heavy atom. The zero-order valence-electron chi connectivity index (χ0n) is 24.8. The maximum absolute atomic E-state index is 13.8. The van der Waals surface area contributed by atoms with E-state index in [-0.39, 0.29) is 35.5 Å². The predicted molar refractivity (Wildman–Crippen MR) is 160 cm³/mol. The number of aliphatic hydroxyl groups is 1. The van der Waals surface area contributed by atoms with Gasteiger partial charge in [0.2, 0.25) is 0 Å². The summed E-state index contributed by atoms with van der Waals surface area (Å²) in [5.41, 5.74) is 0.122. The molecule has 3 N–H and O–H groups in total. The highest BCUT2D eigenvalue weighted by atomic mass is 19.4. The monoisotopic (exact) mass is 600 g/mol. The van der Waals surface area contributed by atoms with Gasteiger partial charge in [0.1, 0.15) is 6.61 Å². The summed E-state index contributed by atoms with van der Waals surface area (Å²) in [5, 5.41) is 20.6. The summed E-state index contributed by atoms with van der Waals surface area (Å²) in [6.07, 6.45) is 0.840. The van der Waals surface area contributed by atoms with Crippen molar-refractivity contribution in [3.63, 3.8) is 0 Å². The lowest BCUT2D eigenvalue weighted by Crippen LogP contribution is -2.42. The number of aromatic nitrogens is 3. The summed E-state index contributed by atoms with van der Waals surface area (Å²) in [6, 6.07) is 7.02. The van der Waals surface area contributed by atoms with E-state index in [1.54, 1.807) is 29.1 Å². The Labute approximate surface area is 249 Å². The number of likely N-dealkylation sites (tertiary alicyclic amines) is 1. The Kier molecular flexibility index (Phi) is 9.91. The number of ketones is 1. The molecule has 3 heterocycles. The number of hydrogen-bond donors (Lipinski definition) is 3. The van der Waals surface area contributed by atoms with Crippen molar-refractivity contribution in [1.29, 1.82) is 0 Å². The van der Waals surface area contributed by atoms with Gasteiger partial charge in [-0.2, -0.15) is 18.3 Å². The van der Waals surface area contributed by atoms with Crippen LogP contribution in [0.1, 0.15) is 61.8 Å². The molecule has 1 saturated heterocycles. The molecule has 4 rings (SSSR count). The molecule has 12 heteroatoms. The molecular weight excluding hydrogens is 561 g/mol. The van der Waals surface area contributed by atoms with Crippen LogP contribution in [-0.2, 0) is 16.8 Å². The highest BCUT2D eigenvalue weighted by Gasteiger charge is 2.35. The van der Waals surface area contributed by atoms with Crippen molar-refractivity contribution >= 4 is 33.7 Å². The number of benzene rings is 1. The van der Waals surface area contributed by atoms with E-state index >= 15 is 0 Å². The molecule has 0 aliphatic carbocycles. The summed E-state index contributed by atoms with van der Waals surface area (Å²) in [5.74, 6) is -0.500. The summed E-state index contributed by atoms with van der Waals surface area (Å²) >= 11 is 0. The minimum atomic E-state index is -4.65. The number of hydrogen-bond acceptors (Lipinski definition) is 7. The summed E-state index contributed by atoms with van der Waals surface area (Å²) in [4.78, 5) is 30.5. The number of amides is 1. The molecule has 2 aromatic heterocycles. The van der Waals surface area contributed by atoms with E-state index in [0.717, 1.165) is 12.8 Å². The van der Waals surface area contributed by atoms with E-state index in [0.29, 0.717) is 60.2 Å².